The van der Waals surface area contributed by atoms with Gasteiger partial charge >= 0.3 is 0 Å². The van der Waals surface area contributed by atoms with Crippen LogP contribution in [-0.2, 0) is 11.2 Å². The number of nitrogens with zero attached hydrogens (tertiary/aromatic N) is 4. The van der Waals surface area contributed by atoms with E-state index in [0.29, 0.717) is 18.4 Å². The lowest BCUT2D eigenvalue weighted by Crippen LogP contribution is -2.35. The van der Waals surface area contributed by atoms with E-state index >= 15 is 0 Å². The number of likely N-dealkylation sites (tertiary alicyclic amines) is 1. The van der Waals surface area contributed by atoms with Crippen LogP contribution in [0.25, 0.3) is 11.1 Å². The van der Waals surface area contributed by atoms with Gasteiger partial charge in [-0.3, -0.25) is 0 Å². The molecule has 0 N–H and O–H groups in total. The van der Waals surface area contributed by atoms with Gasteiger partial charge in [-0.2, -0.15) is 5.10 Å². The van der Waals surface area contributed by atoms with E-state index in [4.69, 9.17) is 19.2 Å². The standard InChI is InChI=1S/C31H44N4O3/c1-5-6-12-27-25(20-29(34-33-27)38-24-15-17-35(4)18-16-24)22-13-14-28(37-23-10-8-7-9-11-23)26(19-22)30-32-31(2,3)21-36-30/h13-14,19-20,23-24H,5-12,15-18,21H2,1-4H3. The fourth-order valence-corrected chi connectivity index (χ4v) is 5.56. The van der Waals surface area contributed by atoms with Crippen molar-refractivity contribution in [3.63, 3.8) is 0 Å². The Kier molecular flexibility index (Phi) is 8.51. The van der Waals surface area contributed by atoms with Gasteiger partial charge in [0.15, 0.2) is 0 Å². The molecule has 1 aromatic heterocycles. The van der Waals surface area contributed by atoms with Gasteiger partial charge in [0, 0.05) is 24.7 Å². The summed E-state index contributed by atoms with van der Waals surface area (Å²) in [4.78, 5) is 7.26. The topological polar surface area (TPSA) is 69.1 Å². The SMILES string of the molecule is CCCCc1nnc(OC2CCN(C)CC2)cc1-c1ccc(OC2CCCCC2)c(C2=NC(C)(C)CO2)c1. The molecule has 0 radical (unpaired) electrons. The molecular weight excluding hydrogens is 476 g/mol. The Morgan fingerprint density at radius 1 is 0.947 bits per heavy atom. The molecule has 0 atom stereocenters. The van der Waals surface area contributed by atoms with Crippen molar-refractivity contribution >= 4 is 5.90 Å². The molecule has 2 fully saturated rings. The van der Waals surface area contributed by atoms with Gasteiger partial charge in [-0.25, -0.2) is 4.99 Å². The highest BCUT2D eigenvalue weighted by molar-refractivity contribution is 5.99. The summed E-state index contributed by atoms with van der Waals surface area (Å²) in [5.41, 5.74) is 3.83. The number of benzene rings is 1. The van der Waals surface area contributed by atoms with Crippen LogP contribution in [0.15, 0.2) is 29.3 Å². The van der Waals surface area contributed by atoms with Crippen molar-refractivity contribution in [2.24, 2.45) is 4.99 Å². The summed E-state index contributed by atoms with van der Waals surface area (Å²) >= 11 is 0. The quantitative estimate of drug-likeness (QED) is 0.391. The van der Waals surface area contributed by atoms with Crippen molar-refractivity contribution in [1.29, 1.82) is 0 Å². The number of ether oxygens (including phenoxy) is 3. The predicted molar refractivity (Wildman–Crippen MR) is 151 cm³/mol. The first-order valence-corrected chi connectivity index (χ1v) is 14.7. The molecule has 0 unspecified atom stereocenters. The molecule has 2 aromatic rings. The van der Waals surface area contributed by atoms with Crippen molar-refractivity contribution in [3.8, 4) is 22.8 Å². The van der Waals surface area contributed by atoms with Crippen LogP contribution in [-0.4, -0.2) is 65.5 Å². The smallest absolute Gasteiger partial charge is 0.234 e. The largest absolute Gasteiger partial charge is 0.490 e. The van der Waals surface area contributed by atoms with Crippen molar-refractivity contribution in [2.45, 2.75) is 103 Å². The van der Waals surface area contributed by atoms with Gasteiger partial charge < -0.3 is 19.1 Å². The summed E-state index contributed by atoms with van der Waals surface area (Å²) in [6.45, 7) is 9.08. The lowest BCUT2D eigenvalue weighted by atomic mass is 9.97. The molecule has 0 spiro atoms. The second-order valence-corrected chi connectivity index (χ2v) is 11.9. The Bertz CT molecular complexity index is 1120. The zero-order chi connectivity index (χ0) is 26.5. The maximum absolute atomic E-state index is 6.57. The Labute approximate surface area is 228 Å². The molecule has 7 heteroatoms. The summed E-state index contributed by atoms with van der Waals surface area (Å²) in [5, 5.41) is 9.15. The molecule has 1 saturated carbocycles. The van der Waals surface area contributed by atoms with Gasteiger partial charge in [0.05, 0.1) is 22.9 Å². The fraction of sp³-hybridized carbons (Fsp3) is 0.645. The molecule has 3 aliphatic rings. The second-order valence-electron chi connectivity index (χ2n) is 11.9. The van der Waals surface area contributed by atoms with Gasteiger partial charge in [-0.05, 0) is 90.0 Å². The van der Waals surface area contributed by atoms with Crippen LogP contribution < -0.4 is 9.47 Å². The third kappa shape index (κ3) is 6.66. The van der Waals surface area contributed by atoms with Crippen LogP contribution in [0.3, 0.4) is 0 Å². The van der Waals surface area contributed by atoms with E-state index < -0.39 is 0 Å². The number of aliphatic imine (C=N–C) groups is 1. The molecule has 1 aliphatic carbocycles. The Morgan fingerprint density at radius 2 is 1.71 bits per heavy atom. The Hall–Kier alpha value is -2.67. The number of unbranched alkanes of at least 4 members (excludes halogenated alkanes) is 1. The average Bonchev–Trinajstić information content (AvgIpc) is 3.29. The van der Waals surface area contributed by atoms with Gasteiger partial charge in [-0.15, -0.1) is 5.10 Å². The summed E-state index contributed by atoms with van der Waals surface area (Å²) < 4.78 is 19.0. The predicted octanol–water partition coefficient (Wildman–Crippen LogP) is 6.23. The molecule has 38 heavy (non-hydrogen) atoms. The van der Waals surface area contributed by atoms with Crippen LogP contribution in [0.5, 0.6) is 11.6 Å². The van der Waals surface area contributed by atoms with Gasteiger partial charge in [0.2, 0.25) is 11.8 Å². The zero-order valence-electron chi connectivity index (χ0n) is 23.7. The first-order valence-electron chi connectivity index (χ1n) is 14.7. The minimum atomic E-state index is -0.243. The van der Waals surface area contributed by atoms with E-state index in [1.54, 1.807) is 0 Å². The number of hydrogen-bond donors (Lipinski definition) is 0. The number of hydrogen-bond acceptors (Lipinski definition) is 7. The van der Waals surface area contributed by atoms with E-state index in [0.717, 1.165) is 86.2 Å². The maximum Gasteiger partial charge on any atom is 0.234 e. The Balaban J connectivity index is 1.49. The molecule has 0 amide bonds. The third-order valence-corrected chi connectivity index (χ3v) is 7.90. The van der Waals surface area contributed by atoms with Crippen molar-refractivity contribution in [3.05, 3.63) is 35.5 Å². The highest BCUT2D eigenvalue weighted by Crippen LogP contribution is 2.35. The number of rotatable bonds is 9. The number of aromatic nitrogens is 2. The van der Waals surface area contributed by atoms with Crippen molar-refractivity contribution in [2.75, 3.05) is 26.7 Å². The minimum Gasteiger partial charge on any atom is -0.490 e. The van der Waals surface area contributed by atoms with Crippen LogP contribution in [0.1, 0.15) is 89.8 Å². The van der Waals surface area contributed by atoms with E-state index in [1.807, 2.05) is 0 Å². The molecular formula is C31H44N4O3. The molecule has 1 aromatic carbocycles. The lowest BCUT2D eigenvalue weighted by Gasteiger charge is -2.29. The number of aryl methyl sites for hydroxylation is 1. The summed E-state index contributed by atoms with van der Waals surface area (Å²) in [6.07, 6.45) is 11.5. The highest BCUT2D eigenvalue weighted by Gasteiger charge is 2.30. The summed E-state index contributed by atoms with van der Waals surface area (Å²) in [6, 6.07) is 8.49. The fourth-order valence-electron chi connectivity index (χ4n) is 5.56. The van der Waals surface area contributed by atoms with Gasteiger partial charge in [0.1, 0.15) is 18.5 Å². The molecule has 2 aliphatic heterocycles. The van der Waals surface area contributed by atoms with Gasteiger partial charge in [0.25, 0.3) is 0 Å². The summed E-state index contributed by atoms with van der Waals surface area (Å²) in [5.74, 6) is 2.13. The third-order valence-electron chi connectivity index (χ3n) is 7.90. The van der Waals surface area contributed by atoms with Crippen LogP contribution in [0.4, 0.5) is 0 Å². The Morgan fingerprint density at radius 3 is 2.42 bits per heavy atom. The first-order chi connectivity index (χ1) is 18.4. The first kappa shape index (κ1) is 26.9. The minimum absolute atomic E-state index is 0.181. The average molecular weight is 521 g/mol. The molecule has 1 saturated heterocycles. The highest BCUT2D eigenvalue weighted by atomic mass is 16.5. The van der Waals surface area contributed by atoms with E-state index in [2.05, 4.69) is 67.2 Å². The molecule has 0 bridgehead atoms. The molecule has 5 rings (SSSR count). The van der Waals surface area contributed by atoms with E-state index in [-0.39, 0.29) is 17.7 Å². The van der Waals surface area contributed by atoms with E-state index in [1.165, 1.54) is 19.3 Å². The molecule has 206 valence electrons. The van der Waals surface area contributed by atoms with Crippen LogP contribution in [0.2, 0.25) is 0 Å². The number of piperidine rings is 1. The van der Waals surface area contributed by atoms with E-state index in [9.17, 15) is 0 Å². The van der Waals surface area contributed by atoms with Crippen LogP contribution >= 0.6 is 0 Å². The van der Waals surface area contributed by atoms with Crippen molar-refractivity contribution in [1.82, 2.24) is 15.1 Å². The molecule has 3 heterocycles. The van der Waals surface area contributed by atoms with Crippen LogP contribution in [0, 0.1) is 0 Å². The molecule has 7 nitrogen and oxygen atoms in total. The second kappa shape index (κ2) is 12.0. The van der Waals surface area contributed by atoms with Crippen molar-refractivity contribution < 1.29 is 14.2 Å². The normalized spacial score (nSPS) is 20.7. The zero-order valence-corrected chi connectivity index (χ0v) is 23.7. The lowest BCUT2D eigenvalue weighted by molar-refractivity contribution is 0.109. The summed E-state index contributed by atoms with van der Waals surface area (Å²) in [7, 11) is 2.16. The van der Waals surface area contributed by atoms with Gasteiger partial charge in [-0.1, -0.05) is 25.8 Å². The monoisotopic (exact) mass is 520 g/mol. The maximum atomic E-state index is 6.57.